The molecule has 7 heteroatoms. The Morgan fingerprint density at radius 2 is 1.96 bits per heavy atom. The highest BCUT2D eigenvalue weighted by Gasteiger charge is 2.26. The lowest BCUT2D eigenvalue weighted by Gasteiger charge is -2.38. The number of hydrogen-bond donors (Lipinski definition) is 2. The Bertz CT molecular complexity index is 533. The Kier molecular flexibility index (Phi) is 13.4. The van der Waals surface area contributed by atoms with Crippen LogP contribution in [0.2, 0.25) is 0 Å². The number of aromatic nitrogens is 1. The van der Waals surface area contributed by atoms with Crippen molar-refractivity contribution in [2.24, 2.45) is 10.9 Å². The van der Waals surface area contributed by atoms with Crippen LogP contribution in [0.4, 0.5) is 0 Å². The molecule has 0 bridgehead atoms. The first-order valence-electron chi connectivity index (χ1n) is 10.5. The first kappa shape index (κ1) is 25.1. The van der Waals surface area contributed by atoms with Gasteiger partial charge in [0.2, 0.25) is 0 Å². The summed E-state index contributed by atoms with van der Waals surface area (Å²) in [6, 6.07) is 4.58. The van der Waals surface area contributed by atoms with Gasteiger partial charge in [0, 0.05) is 44.6 Å². The predicted molar refractivity (Wildman–Crippen MR) is 128 cm³/mol. The van der Waals surface area contributed by atoms with Gasteiger partial charge in [-0.25, -0.2) is 0 Å². The second kappa shape index (κ2) is 15.0. The Labute approximate surface area is 187 Å². The van der Waals surface area contributed by atoms with Gasteiger partial charge in [0.15, 0.2) is 5.96 Å². The second-order valence-corrected chi connectivity index (χ2v) is 7.05. The SMILES string of the molecule is CCNC(=NCC(C(CC)CC)N1CCOCC1)NCCc1cccnc1.I. The van der Waals surface area contributed by atoms with Gasteiger partial charge in [0.1, 0.15) is 0 Å². The Hall–Kier alpha value is -0.930. The molecule has 1 aromatic rings. The van der Waals surface area contributed by atoms with Crippen molar-refractivity contribution in [3.05, 3.63) is 30.1 Å². The molecule has 0 spiro atoms. The Morgan fingerprint density at radius 1 is 1.21 bits per heavy atom. The van der Waals surface area contributed by atoms with E-state index < -0.39 is 0 Å². The van der Waals surface area contributed by atoms with Gasteiger partial charge in [0.25, 0.3) is 0 Å². The van der Waals surface area contributed by atoms with Crippen molar-refractivity contribution in [2.45, 2.75) is 46.1 Å². The van der Waals surface area contributed by atoms with Gasteiger partial charge in [-0.2, -0.15) is 0 Å². The molecular weight excluding hydrogens is 465 g/mol. The zero-order valence-electron chi connectivity index (χ0n) is 17.7. The number of nitrogens with one attached hydrogen (secondary N) is 2. The Morgan fingerprint density at radius 3 is 2.57 bits per heavy atom. The molecule has 1 aliphatic rings. The van der Waals surface area contributed by atoms with Crippen LogP contribution in [0.3, 0.4) is 0 Å². The first-order chi connectivity index (χ1) is 13.3. The van der Waals surface area contributed by atoms with Crippen LogP contribution in [0.1, 0.15) is 39.2 Å². The molecule has 0 aromatic carbocycles. The summed E-state index contributed by atoms with van der Waals surface area (Å²) >= 11 is 0. The molecule has 0 saturated carbocycles. The molecule has 0 amide bonds. The number of aliphatic imine (C=N–C) groups is 1. The summed E-state index contributed by atoms with van der Waals surface area (Å²) < 4.78 is 5.55. The zero-order valence-corrected chi connectivity index (χ0v) is 20.0. The van der Waals surface area contributed by atoms with Crippen LogP contribution >= 0.6 is 24.0 Å². The number of nitrogens with zero attached hydrogens (tertiary/aromatic N) is 3. The molecule has 1 aromatic heterocycles. The standard InChI is InChI=1S/C21H37N5O.HI/c1-4-19(5-2)20(26-12-14-27-15-13-26)17-25-21(23-6-3)24-11-9-18-8-7-10-22-16-18;/h7-8,10,16,19-20H,4-6,9,11-15,17H2,1-3H3,(H2,23,24,25);1H. The number of guanidine groups is 1. The lowest BCUT2D eigenvalue weighted by molar-refractivity contribution is 0.00395. The summed E-state index contributed by atoms with van der Waals surface area (Å²) in [5.74, 6) is 1.58. The molecule has 2 rings (SSSR count). The number of hydrogen-bond acceptors (Lipinski definition) is 4. The summed E-state index contributed by atoms with van der Waals surface area (Å²) in [5, 5.41) is 6.85. The fraction of sp³-hybridized carbons (Fsp3) is 0.714. The number of rotatable bonds is 10. The maximum atomic E-state index is 5.55. The summed E-state index contributed by atoms with van der Waals surface area (Å²) in [7, 11) is 0. The molecule has 1 fully saturated rings. The molecule has 2 N–H and O–H groups in total. The fourth-order valence-electron chi connectivity index (χ4n) is 3.70. The van der Waals surface area contributed by atoms with E-state index in [0.717, 1.165) is 58.3 Å². The molecule has 160 valence electrons. The van der Waals surface area contributed by atoms with Crippen molar-refractivity contribution in [1.82, 2.24) is 20.5 Å². The van der Waals surface area contributed by atoms with Crippen LogP contribution in [0, 0.1) is 5.92 Å². The zero-order chi connectivity index (χ0) is 19.3. The van der Waals surface area contributed by atoms with Crippen LogP contribution in [0.15, 0.2) is 29.5 Å². The van der Waals surface area contributed by atoms with Crippen molar-refractivity contribution in [2.75, 3.05) is 45.9 Å². The third kappa shape index (κ3) is 8.61. The average Bonchev–Trinajstić information content (AvgIpc) is 2.72. The van der Waals surface area contributed by atoms with Crippen LogP contribution in [-0.2, 0) is 11.2 Å². The number of morpholine rings is 1. The van der Waals surface area contributed by atoms with Gasteiger partial charge >= 0.3 is 0 Å². The van der Waals surface area contributed by atoms with E-state index in [9.17, 15) is 0 Å². The van der Waals surface area contributed by atoms with E-state index in [0.29, 0.717) is 12.0 Å². The number of pyridine rings is 1. The molecule has 1 aliphatic heterocycles. The van der Waals surface area contributed by atoms with Gasteiger partial charge in [-0.05, 0) is 30.9 Å². The highest BCUT2D eigenvalue weighted by Crippen LogP contribution is 2.20. The normalized spacial score (nSPS) is 16.5. The summed E-state index contributed by atoms with van der Waals surface area (Å²) in [5.41, 5.74) is 1.24. The maximum absolute atomic E-state index is 5.55. The molecular formula is C21H38IN5O. The average molecular weight is 503 g/mol. The summed E-state index contributed by atoms with van der Waals surface area (Å²) in [4.78, 5) is 11.7. The number of halogens is 1. The highest BCUT2D eigenvalue weighted by atomic mass is 127. The third-order valence-corrected chi connectivity index (χ3v) is 5.32. The quantitative estimate of drug-likeness (QED) is 0.292. The monoisotopic (exact) mass is 503 g/mol. The smallest absolute Gasteiger partial charge is 0.191 e. The second-order valence-electron chi connectivity index (χ2n) is 7.05. The predicted octanol–water partition coefficient (Wildman–Crippen LogP) is 2.93. The van der Waals surface area contributed by atoms with Gasteiger partial charge < -0.3 is 15.4 Å². The Balaban J connectivity index is 0.00000392. The topological polar surface area (TPSA) is 61.8 Å². The van der Waals surface area contributed by atoms with Crippen molar-refractivity contribution >= 4 is 29.9 Å². The largest absolute Gasteiger partial charge is 0.379 e. The lowest BCUT2D eigenvalue weighted by Crippen LogP contribution is -2.49. The van der Waals surface area contributed by atoms with Crippen molar-refractivity contribution in [3.8, 4) is 0 Å². The van der Waals surface area contributed by atoms with Gasteiger partial charge in [-0.15, -0.1) is 24.0 Å². The van der Waals surface area contributed by atoms with E-state index in [-0.39, 0.29) is 24.0 Å². The van der Waals surface area contributed by atoms with Crippen molar-refractivity contribution < 1.29 is 4.74 Å². The molecule has 2 heterocycles. The van der Waals surface area contributed by atoms with E-state index in [4.69, 9.17) is 9.73 Å². The maximum Gasteiger partial charge on any atom is 0.191 e. The van der Waals surface area contributed by atoms with Gasteiger partial charge in [-0.3, -0.25) is 14.9 Å². The van der Waals surface area contributed by atoms with Gasteiger partial charge in [-0.1, -0.05) is 32.8 Å². The van der Waals surface area contributed by atoms with Crippen LogP contribution in [-0.4, -0.2) is 67.8 Å². The molecule has 1 saturated heterocycles. The van der Waals surface area contributed by atoms with E-state index >= 15 is 0 Å². The lowest BCUT2D eigenvalue weighted by atomic mass is 9.92. The van der Waals surface area contributed by atoms with Crippen molar-refractivity contribution in [3.63, 3.8) is 0 Å². The third-order valence-electron chi connectivity index (χ3n) is 5.32. The van der Waals surface area contributed by atoms with E-state index in [1.54, 1.807) is 0 Å². The molecule has 0 aliphatic carbocycles. The van der Waals surface area contributed by atoms with Crippen LogP contribution in [0.25, 0.3) is 0 Å². The fourth-order valence-corrected chi connectivity index (χ4v) is 3.70. The van der Waals surface area contributed by atoms with E-state index in [1.165, 1.54) is 18.4 Å². The van der Waals surface area contributed by atoms with Crippen LogP contribution in [0.5, 0.6) is 0 Å². The van der Waals surface area contributed by atoms with E-state index in [1.807, 2.05) is 18.5 Å². The minimum atomic E-state index is 0. The first-order valence-corrected chi connectivity index (χ1v) is 10.5. The van der Waals surface area contributed by atoms with E-state index in [2.05, 4.69) is 47.4 Å². The summed E-state index contributed by atoms with van der Waals surface area (Å²) in [6.07, 6.45) is 7.06. The molecule has 28 heavy (non-hydrogen) atoms. The van der Waals surface area contributed by atoms with Crippen molar-refractivity contribution in [1.29, 1.82) is 0 Å². The molecule has 6 nitrogen and oxygen atoms in total. The number of ether oxygens (including phenoxy) is 1. The molecule has 1 atom stereocenters. The minimum absolute atomic E-state index is 0. The molecule has 0 radical (unpaired) electrons. The highest BCUT2D eigenvalue weighted by molar-refractivity contribution is 14.0. The summed E-state index contributed by atoms with van der Waals surface area (Å²) in [6.45, 7) is 13.0. The van der Waals surface area contributed by atoms with Gasteiger partial charge in [0.05, 0.1) is 19.8 Å². The van der Waals surface area contributed by atoms with Crippen LogP contribution < -0.4 is 10.6 Å². The molecule has 1 unspecified atom stereocenters. The minimum Gasteiger partial charge on any atom is -0.379 e.